The van der Waals surface area contributed by atoms with Crippen LogP contribution in [-0.4, -0.2) is 6.54 Å². The van der Waals surface area contributed by atoms with E-state index < -0.39 is 0 Å². The average molecular weight is 165 g/mol. The molecule has 0 unspecified atom stereocenters. The summed E-state index contributed by atoms with van der Waals surface area (Å²) >= 11 is 0. The van der Waals surface area contributed by atoms with Gasteiger partial charge in [-0.3, -0.25) is 0 Å². The molecule has 0 spiro atoms. The summed E-state index contributed by atoms with van der Waals surface area (Å²) in [6.45, 7) is 9.16. The van der Waals surface area contributed by atoms with E-state index in [1.165, 1.54) is 11.3 Å². The van der Waals surface area contributed by atoms with Gasteiger partial charge in [0.05, 0.1) is 0 Å². The highest BCUT2D eigenvalue weighted by Gasteiger charge is 1.86. The van der Waals surface area contributed by atoms with Gasteiger partial charge in [-0.25, -0.2) is 0 Å². The molecule has 0 aliphatic rings. The molecule has 1 N–H and O–H groups in total. The standard InChI is InChI=1S/C11H19N/c1-5-7-8-12-11(6-2)9-10(3)4/h5-7,9,12H,8H2,1-4H3/b7-5+,11-6+. The Morgan fingerprint density at radius 1 is 1.25 bits per heavy atom. The second kappa shape index (κ2) is 6.71. The first kappa shape index (κ1) is 11.0. The molecule has 68 valence electrons. The quantitative estimate of drug-likeness (QED) is 0.499. The lowest BCUT2D eigenvalue weighted by Gasteiger charge is -2.03. The highest BCUT2D eigenvalue weighted by molar-refractivity contribution is 5.19. The van der Waals surface area contributed by atoms with E-state index in [9.17, 15) is 0 Å². The SMILES string of the molecule is C/C=C/CN/C(C=C(C)C)=C/C. The summed E-state index contributed by atoms with van der Waals surface area (Å²) in [5.74, 6) is 0. The Bertz CT molecular complexity index is 193. The van der Waals surface area contributed by atoms with E-state index in [-0.39, 0.29) is 0 Å². The summed E-state index contributed by atoms with van der Waals surface area (Å²) in [5, 5.41) is 3.30. The molecule has 1 nitrogen and oxygen atoms in total. The third-order valence-corrected chi connectivity index (χ3v) is 1.41. The predicted octanol–water partition coefficient (Wildman–Crippen LogP) is 3.02. The van der Waals surface area contributed by atoms with E-state index in [1.54, 1.807) is 0 Å². The van der Waals surface area contributed by atoms with Gasteiger partial charge in [-0.15, -0.1) is 0 Å². The van der Waals surface area contributed by atoms with Gasteiger partial charge < -0.3 is 5.32 Å². The van der Waals surface area contributed by atoms with Crippen molar-refractivity contribution in [3.8, 4) is 0 Å². The maximum Gasteiger partial charge on any atom is 0.0330 e. The van der Waals surface area contributed by atoms with Crippen LogP contribution in [0.5, 0.6) is 0 Å². The lowest BCUT2D eigenvalue weighted by atomic mass is 10.2. The monoisotopic (exact) mass is 165 g/mol. The topological polar surface area (TPSA) is 12.0 Å². The third kappa shape index (κ3) is 5.78. The molecule has 0 saturated heterocycles. The van der Waals surface area contributed by atoms with Gasteiger partial charge in [0.1, 0.15) is 0 Å². The number of hydrogen-bond acceptors (Lipinski definition) is 1. The molecule has 0 aromatic carbocycles. The van der Waals surface area contributed by atoms with Crippen LogP contribution in [0, 0.1) is 0 Å². The van der Waals surface area contributed by atoms with E-state index in [1.807, 2.05) is 19.9 Å². The van der Waals surface area contributed by atoms with Crippen molar-refractivity contribution >= 4 is 0 Å². The Kier molecular flexibility index (Phi) is 6.16. The van der Waals surface area contributed by atoms with E-state index in [0.29, 0.717) is 0 Å². The van der Waals surface area contributed by atoms with Crippen LogP contribution in [0.2, 0.25) is 0 Å². The summed E-state index contributed by atoms with van der Waals surface area (Å²) in [4.78, 5) is 0. The third-order valence-electron chi connectivity index (χ3n) is 1.41. The Hall–Kier alpha value is -0.980. The largest absolute Gasteiger partial charge is 0.382 e. The van der Waals surface area contributed by atoms with Crippen molar-refractivity contribution in [2.75, 3.05) is 6.54 Å². The summed E-state index contributed by atoms with van der Waals surface area (Å²) in [6, 6.07) is 0. The molecule has 0 rings (SSSR count). The molecule has 0 aliphatic carbocycles. The van der Waals surface area contributed by atoms with E-state index in [4.69, 9.17) is 0 Å². The minimum Gasteiger partial charge on any atom is -0.382 e. The number of nitrogens with one attached hydrogen (secondary N) is 1. The number of hydrogen-bond donors (Lipinski definition) is 1. The van der Waals surface area contributed by atoms with Crippen molar-refractivity contribution in [1.29, 1.82) is 0 Å². The fourth-order valence-corrected chi connectivity index (χ4v) is 0.842. The normalized spacial score (nSPS) is 11.8. The molecule has 0 fully saturated rings. The van der Waals surface area contributed by atoms with Crippen LogP contribution in [0.1, 0.15) is 27.7 Å². The molecule has 0 aromatic heterocycles. The summed E-state index contributed by atoms with van der Waals surface area (Å²) in [6.07, 6.45) is 8.37. The van der Waals surface area contributed by atoms with Crippen LogP contribution in [-0.2, 0) is 0 Å². The van der Waals surface area contributed by atoms with Gasteiger partial charge in [-0.05, 0) is 33.8 Å². The van der Waals surface area contributed by atoms with Gasteiger partial charge in [-0.2, -0.15) is 0 Å². The molecule has 1 heteroatoms. The molecule has 0 saturated carbocycles. The molecule has 0 aromatic rings. The van der Waals surface area contributed by atoms with Gasteiger partial charge in [0.2, 0.25) is 0 Å². The van der Waals surface area contributed by atoms with Crippen LogP contribution in [0.3, 0.4) is 0 Å². The Labute approximate surface area is 75.9 Å². The summed E-state index contributed by atoms with van der Waals surface area (Å²) in [5.41, 5.74) is 2.50. The summed E-state index contributed by atoms with van der Waals surface area (Å²) in [7, 11) is 0. The minimum atomic E-state index is 0.903. The van der Waals surface area contributed by atoms with Crippen molar-refractivity contribution in [2.45, 2.75) is 27.7 Å². The molecule has 12 heavy (non-hydrogen) atoms. The summed E-state index contributed by atoms with van der Waals surface area (Å²) < 4.78 is 0. The fourth-order valence-electron chi connectivity index (χ4n) is 0.842. The van der Waals surface area contributed by atoms with Crippen LogP contribution in [0.15, 0.2) is 35.6 Å². The maximum atomic E-state index is 3.30. The molecule has 0 radical (unpaired) electrons. The van der Waals surface area contributed by atoms with Crippen LogP contribution < -0.4 is 5.32 Å². The molecule has 0 heterocycles. The Morgan fingerprint density at radius 2 is 1.92 bits per heavy atom. The molecule has 0 aliphatic heterocycles. The van der Waals surface area contributed by atoms with Gasteiger partial charge in [-0.1, -0.05) is 23.8 Å². The van der Waals surface area contributed by atoms with Crippen LogP contribution in [0.25, 0.3) is 0 Å². The maximum absolute atomic E-state index is 3.30. The first-order valence-corrected chi connectivity index (χ1v) is 4.37. The van der Waals surface area contributed by atoms with Crippen LogP contribution >= 0.6 is 0 Å². The lowest BCUT2D eigenvalue weighted by Crippen LogP contribution is -2.11. The fraction of sp³-hybridized carbons (Fsp3) is 0.455. The van der Waals surface area contributed by atoms with Gasteiger partial charge in [0.15, 0.2) is 0 Å². The molecule has 0 amide bonds. The van der Waals surface area contributed by atoms with Gasteiger partial charge in [0.25, 0.3) is 0 Å². The molecular formula is C11H19N. The molecular weight excluding hydrogens is 146 g/mol. The van der Waals surface area contributed by atoms with E-state index >= 15 is 0 Å². The highest BCUT2D eigenvalue weighted by Crippen LogP contribution is 1.97. The van der Waals surface area contributed by atoms with E-state index in [2.05, 4.69) is 37.4 Å². The zero-order valence-corrected chi connectivity index (χ0v) is 8.52. The van der Waals surface area contributed by atoms with Crippen molar-refractivity contribution in [2.24, 2.45) is 0 Å². The zero-order valence-electron chi connectivity index (χ0n) is 8.52. The zero-order chi connectivity index (χ0) is 9.40. The first-order valence-electron chi connectivity index (χ1n) is 4.37. The Balaban J connectivity index is 3.95. The van der Waals surface area contributed by atoms with Crippen molar-refractivity contribution in [1.82, 2.24) is 5.32 Å². The number of allylic oxidation sites excluding steroid dienone is 4. The van der Waals surface area contributed by atoms with Crippen molar-refractivity contribution < 1.29 is 0 Å². The van der Waals surface area contributed by atoms with Crippen molar-refractivity contribution in [3.63, 3.8) is 0 Å². The molecule has 0 bridgehead atoms. The minimum absolute atomic E-state index is 0.903. The second-order valence-electron chi connectivity index (χ2n) is 2.92. The second-order valence-corrected chi connectivity index (χ2v) is 2.92. The first-order chi connectivity index (χ1) is 5.70. The smallest absolute Gasteiger partial charge is 0.0330 e. The van der Waals surface area contributed by atoms with Crippen molar-refractivity contribution in [3.05, 3.63) is 35.6 Å². The predicted molar refractivity (Wildman–Crippen MR) is 56.0 cm³/mol. The lowest BCUT2D eigenvalue weighted by molar-refractivity contribution is 0.926. The average Bonchev–Trinajstić information content (AvgIpc) is 2.02. The van der Waals surface area contributed by atoms with Gasteiger partial charge >= 0.3 is 0 Å². The highest BCUT2D eigenvalue weighted by atomic mass is 14.9. The number of rotatable bonds is 4. The Morgan fingerprint density at radius 3 is 2.33 bits per heavy atom. The van der Waals surface area contributed by atoms with Gasteiger partial charge in [0, 0.05) is 12.2 Å². The van der Waals surface area contributed by atoms with E-state index in [0.717, 1.165) is 6.54 Å². The molecule has 0 atom stereocenters. The van der Waals surface area contributed by atoms with Crippen LogP contribution in [0.4, 0.5) is 0 Å².